The minimum absolute atomic E-state index is 0.0442. The van der Waals surface area contributed by atoms with Gasteiger partial charge in [0.2, 0.25) is 5.91 Å². The van der Waals surface area contributed by atoms with Crippen molar-refractivity contribution in [2.45, 2.75) is 45.7 Å². The second-order valence-corrected chi connectivity index (χ2v) is 5.03. The summed E-state index contributed by atoms with van der Waals surface area (Å²) in [5.41, 5.74) is 0. The first-order chi connectivity index (χ1) is 7.54. The molecule has 2 unspecified atom stereocenters. The number of aliphatic hydroxyl groups is 1. The van der Waals surface area contributed by atoms with E-state index in [4.69, 9.17) is 5.11 Å². The van der Waals surface area contributed by atoms with Gasteiger partial charge in [-0.3, -0.25) is 4.79 Å². The molecule has 4 heteroatoms. The van der Waals surface area contributed by atoms with E-state index in [2.05, 4.69) is 17.6 Å². The Morgan fingerprint density at radius 3 is 2.81 bits per heavy atom. The van der Waals surface area contributed by atoms with E-state index in [0.717, 1.165) is 19.4 Å². The molecule has 1 rings (SSSR count). The van der Waals surface area contributed by atoms with Crippen LogP contribution in [0, 0.1) is 11.8 Å². The molecular formula is C12H24N2O2. The lowest BCUT2D eigenvalue weighted by atomic mass is 9.92. The topological polar surface area (TPSA) is 61.4 Å². The van der Waals surface area contributed by atoms with Gasteiger partial charge in [0.25, 0.3) is 0 Å². The summed E-state index contributed by atoms with van der Waals surface area (Å²) in [4.78, 5) is 12.0. The molecule has 1 fully saturated rings. The summed E-state index contributed by atoms with van der Waals surface area (Å²) in [5.74, 6) is 0.383. The van der Waals surface area contributed by atoms with Crippen molar-refractivity contribution in [3.8, 4) is 0 Å². The number of piperidine rings is 1. The molecular weight excluding hydrogens is 204 g/mol. The maximum absolute atomic E-state index is 12.0. The Hall–Kier alpha value is -0.610. The molecule has 1 heterocycles. The Labute approximate surface area is 97.8 Å². The predicted molar refractivity (Wildman–Crippen MR) is 64.0 cm³/mol. The van der Waals surface area contributed by atoms with Crippen molar-refractivity contribution in [3.05, 3.63) is 0 Å². The van der Waals surface area contributed by atoms with Gasteiger partial charge >= 0.3 is 0 Å². The fraction of sp³-hybridized carbons (Fsp3) is 0.917. The maximum Gasteiger partial charge on any atom is 0.223 e. The van der Waals surface area contributed by atoms with Crippen LogP contribution in [0.25, 0.3) is 0 Å². The normalized spacial score (nSPS) is 29.5. The number of rotatable bonds is 4. The zero-order chi connectivity index (χ0) is 12.1. The number of amides is 1. The monoisotopic (exact) mass is 228 g/mol. The van der Waals surface area contributed by atoms with Crippen LogP contribution in [0.2, 0.25) is 0 Å². The number of hydrogen-bond donors (Lipinski definition) is 3. The molecule has 3 N–H and O–H groups in total. The fourth-order valence-corrected chi connectivity index (χ4v) is 2.01. The van der Waals surface area contributed by atoms with Crippen molar-refractivity contribution < 1.29 is 9.90 Å². The quantitative estimate of drug-likeness (QED) is 0.657. The Bertz CT molecular complexity index is 233. The minimum atomic E-state index is 0.0442. The molecule has 94 valence electrons. The second-order valence-electron chi connectivity index (χ2n) is 5.03. The van der Waals surface area contributed by atoms with Gasteiger partial charge in [-0.25, -0.2) is 0 Å². The first-order valence-corrected chi connectivity index (χ1v) is 6.19. The molecule has 0 radical (unpaired) electrons. The summed E-state index contributed by atoms with van der Waals surface area (Å²) in [7, 11) is 0. The summed E-state index contributed by atoms with van der Waals surface area (Å²) >= 11 is 0. The van der Waals surface area contributed by atoms with Crippen LogP contribution in [0.5, 0.6) is 0 Å². The Balaban J connectivity index is 2.39. The van der Waals surface area contributed by atoms with Crippen molar-refractivity contribution in [1.29, 1.82) is 0 Å². The average Bonchev–Trinajstić information content (AvgIpc) is 2.27. The standard InChI is InChI=1S/C12H24N2O2/c1-8(7-15)10(3)14-12(16)11-4-5-13-9(2)6-11/h8-11,13,15H,4-7H2,1-3H3,(H,14,16)/t8?,9-,10?,11-/m0/s1. The van der Waals surface area contributed by atoms with Crippen LogP contribution in [0.15, 0.2) is 0 Å². The van der Waals surface area contributed by atoms with Gasteiger partial charge in [-0.05, 0) is 39.2 Å². The number of nitrogens with one attached hydrogen (secondary N) is 2. The molecule has 4 atom stereocenters. The summed E-state index contributed by atoms with van der Waals surface area (Å²) in [6.07, 6.45) is 1.82. The SMILES string of the molecule is CC(CO)C(C)NC(=O)[C@H]1CCN[C@@H](C)C1. The third-order valence-electron chi connectivity index (χ3n) is 3.51. The largest absolute Gasteiger partial charge is 0.396 e. The van der Waals surface area contributed by atoms with Gasteiger partial charge in [0.1, 0.15) is 0 Å². The highest BCUT2D eigenvalue weighted by atomic mass is 16.3. The Morgan fingerprint density at radius 1 is 1.56 bits per heavy atom. The van der Waals surface area contributed by atoms with Gasteiger partial charge in [-0.2, -0.15) is 0 Å². The number of carbonyl (C=O) groups excluding carboxylic acids is 1. The summed E-state index contributed by atoms with van der Waals surface area (Å²) < 4.78 is 0. The zero-order valence-corrected chi connectivity index (χ0v) is 10.5. The van der Waals surface area contributed by atoms with E-state index in [-0.39, 0.29) is 30.4 Å². The maximum atomic E-state index is 12.0. The molecule has 1 aliphatic heterocycles. The lowest BCUT2D eigenvalue weighted by Gasteiger charge is -2.29. The molecule has 16 heavy (non-hydrogen) atoms. The van der Waals surface area contributed by atoms with Crippen molar-refractivity contribution in [1.82, 2.24) is 10.6 Å². The number of hydrogen-bond acceptors (Lipinski definition) is 3. The lowest BCUT2D eigenvalue weighted by molar-refractivity contribution is -0.127. The van der Waals surface area contributed by atoms with Gasteiger partial charge in [0, 0.05) is 24.6 Å². The van der Waals surface area contributed by atoms with Crippen LogP contribution in [0.1, 0.15) is 33.6 Å². The lowest BCUT2D eigenvalue weighted by Crippen LogP contribution is -2.46. The van der Waals surface area contributed by atoms with E-state index in [1.165, 1.54) is 0 Å². The van der Waals surface area contributed by atoms with Crippen molar-refractivity contribution in [3.63, 3.8) is 0 Å². The highest BCUT2D eigenvalue weighted by molar-refractivity contribution is 5.79. The van der Waals surface area contributed by atoms with Crippen molar-refractivity contribution in [2.75, 3.05) is 13.2 Å². The molecule has 0 saturated carbocycles. The molecule has 0 bridgehead atoms. The van der Waals surface area contributed by atoms with E-state index in [9.17, 15) is 4.79 Å². The van der Waals surface area contributed by atoms with Crippen LogP contribution in [0.3, 0.4) is 0 Å². The molecule has 0 spiro atoms. The van der Waals surface area contributed by atoms with E-state index in [0.29, 0.717) is 6.04 Å². The van der Waals surface area contributed by atoms with E-state index in [1.807, 2.05) is 13.8 Å². The van der Waals surface area contributed by atoms with Crippen LogP contribution in [-0.2, 0) is 4.79 Å². The molecule has 1 saturated heterocycles. The molecule has 4 nitrogen and oxygen atoms in total. The van der Waals surface area contributed by atoms with Gasteiger partial charge < -0.3 is 15.7 Å². The Kier molecular flexibility index (Phi) is 5.22. The fourth-order valence-electron chi connectivity index (χ4n) is 2.01. The van der Waals surface area contributed by atoms with Crippen LogP contribution in [0.4, 0.5) is 0 Å². The van der Waals surface area contributed by atoms with Crippen molar-refractivity contribution in [2.24, 2.45) is 11.8 Å². The third kappa shape index (κ3) is 3.76. The average molecular weight is 228 g/mol. The third-order valence-corrected chi connectivity index (χ3v) is 3.51. The minimum Gasteiger partial charge on any atom is -0.396 e. The number of carbonyl (C=O) groups is 1. The molecule has 1 aliphatic rings. The van der Waals surface area contributed by atoms with Crippen LogP contribution < -0.4 is 10.6 Å². The van der Waals surface area contributed by atoms with E-state index >= 15 is 0 Å². The highest BCUT2D eigenvalue weighted by Gasteiger charge is 2.26. The molecule has 0 aliphatic carbocycles. The summed E-state index contributed by atoms with van der Waals surface area (Å²) in [5, 5.41) is 15.3. The van der Waals surface area contributed by atoms with Crippen LogP contribution in [-0.4, -0.2) is 36.2 Å². The highest BCUT2D eigenvalue weighted by Crippen LogP contribution is 2.16. The van der Waals surface area contributed by atoms with Crippen LogP contribution >= 0.6 is 0 Å². The summed E-state index contributed by atoms with van der Waals surface area (Å²) in [6, 6.07) is 0.470. The predicted octanol–water partition coefficient (Wildman–Crippen LogP) is 0.508. The van der Waals surface area contributed by atoms with Gasteiger partial charge in [0.15, 0.2) is 0 Å². The van der Waals surface area contributed by atoms with E-state index < -0.39 is 0 Å². The van der Waals surface area contributed by atoms with Crippen molar-refractivity contribution >= 4 is 5.91 Å². The summed E-state index contributed by atoms with van der Waals surface area (Å²) in [6.45, 7) is 7.03. The second kappa shape index (κ2) is 6.21. The Morgan fingerprint density at radius 2 is 2.25 bits per heavy atom. The zero-order valence-electron chi connectivity index (χ0n) is 10.5. The van der Waals surface area contributed by atoms with Gasteiger partial charge in [0.05, 0.1) is 0 Å². The first kappa shape index (κ1) is 13.5. The number of aliphatic hydroxyl groups excluding tert-OH is 1. The smallest absolute Gasteiger partial charge is 0.223 e. The molecule has 0 aromatic heterocycles. The van der Waals surface area contributed by atoms with Gasteiger partial charge in [-0.15, -0.1) is 0 Å². The molecule has 0 aromatic rings. The van der Waals surface area contributed by atoms with E-state index in [1.54, 1.807) is 0 Å². The van der Waals surface area contributed by atoms with Gasteiger partial charge in [-0.1, -0.05) is 6.92 Å². The molecule has 1 amide bonds. The first-order valence-electron chi connectivity index (χ1n) is 6.19. The molecule has 0 aromatic carbocycles.